The van der Waals surface area contributed by atoms with Crippen LogP contribution in [0.5, 0.6) is 0 Å². The molecule has 3 nitrogen and oxygen atoms in total. The Morgan fingerprint density at radius 2 is 1.89 bits per heavy atom. The molecule has 0 aliphatic rings. The summed E-state index contributed by atoms with van der Waals surface area (Å²) in [5.41, 5.74) is 4.53. The van der Waals surface area contributed by atoms with Crippen LogP contribution >= 0.6 is 0 Å². The number of amides is 1. The lowest BCUT2D eigenvalue weighted by Crippen LogP contribution is -2.04. The van der Waals surface area contributed by atoms with Crippen molar-refractivity contribution in [3.63, 3.8) is 0 Å². The predicted octanol–water partition coefficient (Wildman–Crippen LogP) is 0.354. The second-order valence-corrected chi connectivity index (χ2v) is 0.940. The molecule has 2 N–H and O–H groups in total. The van der Waals surface area contributed by atoms with Crippen LogP contribution in [0.2, 0.25) is 0 Å². The second-order valence-electron chi connectivity index (χ2n) is 0.940. The van der Waals surface area contributed by atoms with Gasteiger partial charge in [0.05, 0.1) is 6.07 Å². The number of hydrogen-bond acceptors (Lipinski definition) is 2. The molecule has 0 saturated carbocycles. The minimum Gasteiger partial charge on any atom is -0.366 e. The monoisotopic (exact) mass is 124 g/mol. The van der Waals surface area contributed by atoms with Gasteiger partial charge in [-0.15, -0.1) is 0 Å². The predicted molar refractivity (Wildman–Crippen MR) is 35.2 cm³/mol. The average molecular weight is 124 g/mol. The fraction of sp³-hybridized carbons (Fsp3) is 0. The maximum absolute atomic E-state index is 9.47. The molecule has 0 radical (unpaired) electrons. The Kier molecular flexibility index (Phi) is 11.2. The molecule has 0 aromatic heterocycles. The molecule has 0 aromatic carbocycles. The third-order valence-corrected chi connectivity index (χ3v) is 0.292. The van der Waals surface area contributed by atoms with Gasteiger partial charge in [-0.25, -0.2) is 0 Å². The number of carbonyl (C=O) groups is 1. The van der Waals surface area contributed by atoms with Crippen molar-refractivity contribution in [2.75, 3.05) is 0 Å². The summed E-state index contributed by atoms with van der Waals surface area (Å²) >= 11 is 0. The Hall–Kier alpha value is -1.56. The van der Waals surface area contributed by atoms with Gasteiger partial charge in [-0.2, -0.15) is 5.26 Å². The molecule has 0 aromatic rings. The smallest absolute Gasteiger partial charge is 0.240 e. The summed E-state index contributed by atoms with van der Waals surface area (Å²) in [5, 5.41) is 7.51. The van der Waals surface area contributed by atoms with Crippen LogP contribution in [0, 0.1) is 11.3 Å². The lowest BCUT2D eigenvalue weighted by atomic mass is 10.6. The molecular formula is C6H8N2O. The summed E-state index contributed by atoms with van der Waals surface area (Å²) in [6, 6.07) is 1.69. The van der Waals surface area contributed by atoms with Crippen LogP contribution in [0.25, 0.3) is 0 Å². The first-order valence-electron chi connectivity index (χ1n) is 2.11. The zero-order valence-corrected chi connectivity index (χ0v) is 5.00. The van der Waals surface area contributed by atoms with E-state index in [0.717, 1.165) is 6.08 Å². The number of primary amides is 1. The van der Waals surface area contributed by atoms with E-state index < -0.39 is 5.91 Å². The van der Waals surface area contributed by atoms with Crippen molar-refractivity contribution in [3.05, 3.63) is 25.3 Å². The number of nitriles is 1. The minimum absolute atomic E-state index is 0.481. The lowest BCUT2D eigenvalue weighted by Gasteiger charge is -1.65. The van der Waals surface area contributed by atoms with Crippen LogP contribution in [-0.2, 0) is 4.79 Å². The standard InChI is InChI=1S/C3H5NO.C3H3N/c1-2-3(4)5;1-2-3-4/h2H,1H2,(H2,4,5);2H,1H2. The SMILES string of the molecule is C=CC#N.C=CC(N)=O. The highest BCUT2D eigenvalue weighted by atomic mass is 16.1. The van der Waals surface area contributed by atoms with E-state index in [2.05, 4.69) is 18.9 Å². The van der Waals surface area contributed by atoms with Gasteiger partial charge in [0, 0.05) is 6.08 Å². The van der Waals surface area contributed by atoms with E-state index in [1.54, 1.807) is 6.07 Å². The molecule has 0 atom stereocenters. The highest BCUT2D eigenvalue weighted by molar-refractivity contribution is 5.84. The highest BCUT2D eigenvalue weighted by Crippen LogP contribution is 1.48. The van der Waals surface area contributed by atoms with E-state index in [0.29, 0.717) is 0 Å². The fourth-order valence-electron chi connectivity index (χ4n) is 0. The molecule has 9 heavy (non-hydrogen) atoms. The maximum Gasteiger partial charge on any atom is 0.240 e. The number of nitrogens with zero attached hydrogens (tertiary/aromatic N) is 1. The minimum atomic E-state index is -0.481. The number of carbonyl (C=O) groups excluding carboxylic acids is 1. The van der Waals surface area contributed by atoms with E-state index in [-0.39, 0.29) is 0 Å². The molecule has 0 heterocycles. The molecule has 3 heteroatoms. The third kappa shape index (κ3) is 61.2. The normalized spacial score (nSPS) is 5.22. The molecule has 48 valence electrons. The number of hydrogen-bond donors (Lipinski definition) is 1. The molecule has 0 spiro atoms. The van der Waals surface area contributed by atoms with Crippen LogP contribution in [0.15, 0.2) is 25.3 Å². The second kappa shape index (κ2) is 9.67. The Morgan fingerprint density at radius 3 is 1.89 bits per heavy atom. The van der Waals surface area contributed by atoms with Crippen LogP contribution in [0.4, 0.5) is 0 Å². The molecule has 1 amide bonds. The van der Waals surface area contributed by atoms with Gasteiger partial charge in [-0.05, 0) is 6.08 Å². The first kappa shape index (κ1) is 10.4. The van der Waals surface area contributed by atoms with E-state index in [9.17, 15) is 4.79 Å². The summed E-state index contributed by atoms with van der Waals surface area (Å²) in [4.78, 5) is 9.47. The van der Waals surface area contributed by atoms with Crippen LogP contribution in [0.3, 0.4) is 0 Å². The quantitative estimate of drug-likeness (QED) is 0.405. The highest BCUT2D eigenvalue weighted by Gasteiger charge is 1.69. The topological polar surface area (TPSA) is 66.9 Å². The number of allylic oxidation sites excluding steroid dienone is 1. The molecule has 0 saturated heterocycles. The van der Waals surface area contributed by atoms with Crippen LogP contribution in [-0.4, -0.2) is 5.91 Å². The summed E-state index contributed by atoms with van der Waals surface area (Å²) in [7, 11) is 0. The molecule has 0 unspecified atom stereocenters. The molecule has 0 aliphatic carbocycles. The molecular weight excluding hydrogens is 116 g/mol. The Bertz CT molecular complexity index is 144. The Labute approximate surface area is 54.1 Å². The number of rotatable bonds is 1. The zero-order chi connectivity index (χ0) is 7.70. The van der Waals surface area contributed by atoms with E-state index >= 15 is 0 Å². The van der Waals surface area contributed by atoms with Gasteiger partial charge in [0.25, 0.3) is 0 Å². The van der Waals surface area contributed by atoms with Gasteiger partial charge in [0.1, 0.15) is 0 Å². The van der Waals surface area contributed by atoms with Crippen molar-refractivity contribution >= 4 is 5.91 Å². The lowest BCUT2D eigenvalue weighted by molar-refractivity contribution is -0.113. The van der Waals surface area contributed by atoms with Crippen molar-refractivity contribution in [2.24, 2.45) is 5.73 Å². The average Bonchev–Trinajstić information content (AvgIpc) is 1.89. The van der Waals surface area contributed by atoms with Crippen molar-refractivity contribution in [2.45, 2.75) is 0 Å². The van der Waals surface area contributed by atoms with E-state index in [4.69, 9.17) is 5.26 Å². The van der Waals surface area contributed by atoms with Crippen molar-refractivity contribution < 1.29 is 4.79 Å². The van der Waals surface area contributed by atoms with Crippen LogP contribution in [0.1, 0.15) is 0 Å². The summed E-state index contributed by atoms with van der Waals surface area (Å²) in [5.74, 6) is -0.481. The first-order valence-corrected chi connectivity index (χ1v) is 2.11. The van der Waals surface area contributed by atoms with E-state index in [1.807, 2.05) is 0 Å². The molecule has 0 rings (SSSR count). The first-order chi connectivity index (χ1) is 4.18. The van der Waals surface area contributed by atoms with E-state index in [1.165, 1.54) is 6.08 Å². The summed E-state index contributed by atoms with van der Waals surface area (Å²) in [6.07, 6.45) is 2.24. The van der Waals surface area contributed by atoms with Gasteiger partial charge < -0.3 is 5.73 Å². The third-order valence-electron chi connectivity index (χ3n) is 0.292. The van der Waals surface area contributed by atoms with Crippen molar-refractivity contribution in [3.8, 4) is 6.07 Å². The maximum atomic E-state index is 9.47. The van der Waals surface area contributed by atoms with Crippen molar-refractivity contribution in [1.29, 1.82) is 5.26 Å². The zero-order valence-electron chi connectivity index (χ0n) is 5.00. The Morgan fingerprint density at radius 1 is 1.67 bits per heavy atom. The van der Waals surface area contributed by atoms with Crippen LogP contribution < -0.4 is 5.73 Å². The largest absolute Gasteiger partial charge is 0.366 e. The summed E-state index contributed by atoms with van der Waals surface area (Å²) in [6.45, 7) is 6.20. The summed E-state index contributed by atoms with van der Waals surface area (Å²) < 4.78 is 0. The fourth-order valence-corrected chi connectivity index (χ4v) is 0. The Balaban J connectivity index is 0. The van der Waals surface area contributed by atoms with Crippen molar-refractivity contribution in [1.82, 2.24) is 0 Å². The van der Waals surface area contributed by atoms with Gasteiger partial charge in [0.15, 0.2) is 0 Å². The molecule has 0 fully saturated rings. The molecule has 0 aliphatic heterocycles. The van der Waals surface area contributed by atoms with Gasteiger partial charge in [-0.1, -0.05) is 13.2 Å². The van der Waals surface area contributed by atoms with Gasteiger partial charge in [-0.3, -0.25) is 4.79 Å². The van der Waals surface area contributed by atoms with Gasteiger partial charge in [0.2, 0.25) is 5.91 Å². The van der Waals surface area contributed by atoms with Gasteiger partial charge >= 0.3 is 0 Å². The number of nitrogens with two attached hydrogens (primary N) is 1. The molecule has 0 bridgehead atoms.